The number of nitrogens with one attached hydrogen (secondary N) is 1. The highest BCUT2D eigenvalue weighted by atomic mass is 16.7. The Labute approximate surface area is 335 Å². The van der Waals surface area contributed by atoms with Crippen LogP contribution in [0.3, 0.4) is 0 Å². The van der Waals surface area contributed by atoms with Crippen LogP contribution in [0.25, 0.3) is 0 Å². The number of rotatable bonds is 7. The van der Waals surface area contributed by atoms with Gasteiger partial charge in [0.05, 0.1) is 30.9 Å². The van der Waals surface area contributed by atoms with E-state index in [0.29, 0.717) is 18.8 Å². The number of nitrogens with zero attached hydrogens (tertiary/aromatic N) is 1. The van der Waals surface area contributed by atoms with E-state index in [1.54, 1.807) is 37.3 Å². The van der Waals surface area contributed by atoms with Gasteiger partial charge in [-0.2, -0.15) is 0 Å². The van der Waals surface area contributed by atoms with Crippen LogP contribution in [0.15, 0.2) is 107 Å². The summed E-state index contributed by atoms with van der Waals surface area (Å²) in [6.07, 6.45) is 22.2. The number of hydrogen-bond acceptors (Lipinski definition) is 10. The van der Waals surface area contributed by atoms with Crippen LogP contribution in [0.1, 0.15) is 74.7 Å². The van der Waals surface area contributed by atoms with E-state index >= 15 is 0 Å². The van der Waals surface area contributed by atoms with E-state index in [1.807, 2.05) is 102 Å². The second-order valence-electron chi connectivity index (χ2n) is 16.2. The number of aliphatic hydroxyl groups excluding tert-OH is 2. The van der Waals surface area contributed by atoms with Gasteiger partial charge in [-0.1, -0.05) is 116 Å². The van der Waals surface area contributed by atoms with Crippen molar-refractivity contribution in [1.82, 2.24) is 10.2 Å². The van der Waals surface area contributed by atoms with Crippen LogP contribution in [-0.2, 0) is 23.7 Å². The van der Waals surface area contributed by atoms with E-state index in [0.717, 1.165) is 22.3 Å². The Balaban J connectivity index is 1.85. The zero-order valence-corrected chi connectivity index (χ0v) is 35.2. The second kappa shape index (κ2) is 22.6. The zero-order chi connectivity index (χ0) is 41.6. The predicted molar refractivity (Wildman–Crippen MR) is 223 cm³/mol. The van der Waals surface area contributed by atoms with Gasteiger partial charge in [0, 0.05) is 18.0 Å². The van der Waals surface area contributed by atoms with E-state index in [2.05, 4.69) is 25.2 Å². The molecular weight excluding hydrogens is 711 g/mol. The molecule has 0 spiro atoms. The van der Waals surface area contributed by atoms with Crippen LogP contribution in [0.4, 0.5) is 0 Å². The maximum Gasteiger partial charge on any atom is 0.247 e. The van der Waals surface area contributed by atoms with Gasteiger partial charge >= 0.3 is 0 Å². The first-order valence-corrected chi connectivity index (χ1v) is 19.9. The molecule has 2 fully saturated rings. The SMILES string of the molecule is CC1=C/C=C\C=C\[C@@](C)(O)[C@@H](O[C@H]2OC[C@@H](O[C@H]3C[C@@H](O)[C@H](N(C)C)[C@@H](C)O3)[C@H](O)[C@H]2N)\C=C/C=C/C(C)=C\C=C/C(C)=C\C[C@H](C)NC(=O)/C(CC(C)C)=C\1. The summed E-state index contributed by atoms with van der Waals surface area (Å²) in [7, 11) is 3.78. The molecule has 0 saturated carbocycles. The Morgan fingerprint density at radius 3 is 2.36 bits per heavy atom. The highest BCUT2D eigenvalue weighted by molar-refractivity contribution is 5.94. The van der Waals surface area contributed by atoms with Crippen molar-refractivity contribution in [3.05, 3.63) is 107 Å². The first-order valence-electron chi connectivity index (χ1n) is 19.9. The molecule has 0 aliphatic carbocycles. The monoisotopic (exact) mass is 780 g/mol. The van der Waals surface area contributed by atoms with Crippen molar-refractivity contribution in [2.45, 2.75) is 141 Å². The maximum absolute atomic E-state index is 13.3. The zero-order valence-electron chi connectivity index (χ0n) is 35.2. The maximum atomic E-state index is 13.3. The third-order valence-electron chi connectivity index (χ3n) is 9.95. The number of aliphatic hydroxyl groups is 3. The molecule has 3 aliphatic rings. The molecule has 56 heavy (non-hydrogen) atoms. The van der Waals surface area contributed by atoms with Crippen LogP contribution >= 0.6 is 0 Å². The van der Waals surface area contributed by atoms with Crippen LogP contribution in [0, 0.1) is 5.92 Å². The standard InChI is InChI=1S/C45H69N3O8/c1-29(2)25-35-26-32(5)18-12-11-15-24-45(8,52)38(21-14-13-17-30(3)19-16-20-31(4)22-23-33(6)47-43(35)51)56-44-40(46)42(50)37(28-53-44)55-39-27-36(49)41(48(9)10)34(7)54-39/h11-22,24,26,29,33-34,36-42,44,49-50,52H,23,25,27-28,46H2,1-10H3,(H,47,51)/b12-11-,17-13+,20-16-,21-14-,24-15+,30-19-,31-22-,32-18-,35-26-/t33-,34+,36+,37+,38-,39-,40+,41+,42-,44+,45+/m0/s1. The third-order valence-corrected chi connectivity index (χ3v) is 9.95. The molecule has 0 aromatic carbocycles. The van der Waals surface area contributed by atoms with Crippen molar-refractivity contribution in [2.75, 3.05) is 20.7 Å². The average Bonchev–Trinajstić information content (AvgIpc) is 3.10. The molecule has 0 aromatic heterocycles. The lowest BCUT2D eigenvalue weighted by atomic mass is 9.96. The molecule has 2 saturated heterocycles. The minimum Gasteiger partial charge on any atom is -0.391 e. The van der Waals surface area contributed by atoms with Crippen LogP contribution < -0.4 is 11.1 Å². The quantitative estimate of drug-likeness (QED) is 0.225. The largest absolute Gasteiger partial charge is 0.391 e. The van der Waals surface area contributed by atoms with Gasteiger partial charge in [0.2, 0.25) is 5.91 Å². The summed E-state index contributed by atoms with van der Waals surface area (Å²) in [6.45, 7) is 15.6. The third kappa shape index (κ3) is 15.3. The van der Waals surface area contributed by atoms with Crippen molar-refractivity contribution in [3.8, 4) is 0 Å². The lowest BCUT2D eigenvalue weighted by molar-refractivity contribution is -0.301. The van der Waals surface area contributed by atoms with Gasteiger partial charge in [-0.3, -0.25) is 4.79 Å². The van der Waals surface area contributed by atoms with Gasteiger partial charge in [0.1, 0.15) is 23.9 Å². The van der Waals surface area contributed by atoms with Crippen LogP contribution in [-0.4, -0.2) is 114 Å². The van der Waals surface area contributed by atoms with Crippen molar-refractivity contribution in [3.63, 3.8) is 0 Å². The highest BCUT2D eigenvalue weighted by Gasteiger charge is 2.44. The summed E-state index contributed by atoms with van der Waals surface area (Å²) in [4.78, 5) is 15.2. The molecule has 3 rings (SSSR count). The lowest BCUT2D eigenvalue weighted by Crippen LogP contribution is -2.62. The number of nitrogens with two attached hydrogens (primary N) is 1. The van der Waals surface area contributed by atoms with E-state index < -0.39 is 48.6 Å². The number of allylic oxidation sites excluding steroid dienone is 14. The lowest BCUT2D eigenvalue weighted by Gasteiger charge is -2.44. The minimum absolute atomic E-state index is 0.0248. The number of hydrogen-bond donors (Lipinski definition) is 5. The van der Waals surface area contributed by atoms with E-state index in [9.17, 15) is 20.1 Å². The average molecular weight is 780 g/mol. The van der Waals surface area contributed by atoms with Gasteiger partial charge in [0.15, 0.2) is 12.6 Å². The first kappa shape index (κ1) is 47.1. The molecular formula is C45H69N3O8. The highest BCUT2D eigenvalue weighted by Crippen LogP contribution is 2.29. The smallest absolute Gasteiger partial charge is 0.247 e. The van der Waals surface area contributed by atoms with Gasteiger partial charge in [-0.25, -0.2) is 0 Å². The number of amides is 1. The van der Waals surface area contributed by atoms with Gasteiger partial charge in [-0.15, -0.1) is 0 Å². The molecule has 6 N–H and O–H groups in total. The molecule has 0 radical (unpaired) electrons. The summed E-state index contributed by atoms with van der Waals surface area (Å²) in [5.41, 5.74) is 8.69. The molecule has 312 valence electrons. The summed E-state index contributed by atoms with van der Waals surface area (Å²) >= 11 is 0. The fourth-order valence-corrected chi connectivity index (χ4v) is 6.83. The summed E-state index contributed by atoms with van der Waals surface area (Å²) < 4.78 is 24.4. The number of carbonyl (C=O) groups is 1. The van der Waals surface area contributed by atoms with E-state index in [1.165, 1.54) is 0 Å². The molecule has 0 aromatic rings. The molecule has 3 aliphatic heterocycles. The first-order chi connectivity index (χ1) is 26.4. The van der Waals surface area contributed by atoms with Gasteiger partial charge in [-0.05, 0) is 74.4 Å². The molecule has 11 heteroatoms. The summed E-state index contributed by atoms with van der Waals surface area (Å²) in [5.74, 6) is 0.242. The Morgan fingerprint density at radius 2 is 1.68 bits per heavy atom. The Hall–Kier alpha value is -3.23. The number of likely N-dealkylation sites (N-methyl/N-ethyl adjacent to an activating group) is 1. The molecule has 11 atom stereocenters. The molecule has 1 amide bonds. The number of ether oxygens (including phenoxy) is 4. The summed E-state index contributed by atoms with van der Waals surface area (Å²) in [6, 6.07) is -1.22. The van der Waals surface area contributed by atoms with Gasteiger partial charge in [0.25, 0.3) is 0 Å². The van der Waals surface area contributed by atoms with E-state index in [4.69, 9.17) is 24.7 Å². The second-order valence-corrected chi connectivity index (χ2v) is 16.2. The minimum atomic E-state index is -1.52. The Kier molecular flexibility index (Phi) is 19.1. The van der Waals surface area contributed by atoms with Crippen molar-refractivity contribution in [1.29, 1.82) is 0 Å². The van der Waals surface area contributed by atoms with E-state index in [-0.39, 0.29) is 37.1 Å². The van der Waals surface area contributed by atoms with Crippen molar-refractivity contribution >= 4 is 5.91 Å². The fourth-order valence-electron chi connectivity index (χ4n) is 6.83. The van der Waals surface area contributed by atoms with Crippen LogP contribution in [0.5, 0.6) is 0 Å². The molecule has 0 bridgehead atoms. The Bertz CT molecular complexity index is 1540. The molecule has 11 nitrogen and oxygen atoms in total. The molecule has 0 unspecified atom stereocenters. The summed E-state index contributed by atoms with van der Waals surface area (Å²) in [5, 5.41) is 36.8. The topological polar surface area (TPSA) is 156 Å². The van der Waals surface area contributed by atoms with Crippen LogP contribution in [0.2, 0.25) is 0 Å². The van der Waals surface area contributed by atoms with Crippen molar-refractivity contribution in [2.24, 2.45) is 11.7 Å². The Morgan fingerprint density at radius 1 is 0.982 bits per heavy atom. The fraction of sp³-hybridized carbons (Fsp3) is 0.578. The van der Waals surface area contributed by atoms with Crippen molar-refractivity contribution < 1.29 is 39.1 Å². The number of carbonyl (C=O) groups excluding carboxylic acids is 1. The predicted octanol–water partition coefficient (Wildman–Crippen LogP) is 5.48. The van der Waals surface area contributed by atoms with Gasteiger partial charge < -0.3 is 50.2 Å². The molecule has 3 heterocycles. The normalized spacial score (nSPS) is 41.3.